The van der Waals surface area contributed by atoms with Gasteiger partial charge < -0.3 is 16.4 Å². The van der Waals surface area contributed by atoms with E-state index in [9.17, 15) is 4.79 Å². The standard InChI is InChI=1S/C11H24N4O/c1-14(2)9-4-3-5-15(8-9)10(7-12)6-11(13)16/h9-10H,3-8,12H2,1-2H3,(H2,13,16). The van der Waals surface area contributed by atoms with E-state index in [1.165, 1.54) is 6.42 Å². The van der Waals surface area contributed by atoms with E-state index in [0.717, 1.165) is 19.5 Å². The minimum absolute atomic E-state index is 0.111. The van der Waals surface area contributed by atoms with Crippen molar-refractivity contribution in [2.45, 2.75) is 31.3 Å². The van der Waals surface area contributed by atoms with E-state index in [1.54, 1.807) is 0 Å². The molecule has 0 bridgehead atoms. The van der Waals surface area contributed by atoms with E-state index in [1.807, 2.05) is 0 Å². The number of carbonyl (C=O) groups excluding carboxylic acids is 1. The largest absolute Gasteiger partial charge is 0.370 e. The van der Waals surface area contributed by atoms with Crippen LogP contribution in [0.2, 0.25) is 0 Å². The van der Waals surface area contributed by atoms with Gasteiger partial charge in [0.1, 0.15) is 0 Å². The van der Waals surface area contributed by atoms with Gasteiger partial charge in [0.15, 0.2) is 0 Å². The maximum absolute atomic E-state index is 11.0. The second-order valence-electron chi connectivity index (χ2n) is 4.81. The molecule has 5 nitrogen and oxygen atoms in total. The molecule has 0 aliphatic carbocycles. The maximum atomic E-state index is 11.0. The third kappa shape index (κ3) is 3.73. The number of piperidine rings is 1. The van der Waals surface area contributed by atoms with E-state index in [4.69, 9.17) is 11.5 Å². The Hall–Kier alpha value is -0.650. The number of rotatable bonds is 5. The number of primary amides is 1. The lowest BCUT2D eigenvalue weighted by Crippen LogP contribution is -2.52. The summed E-state index contributed by atoms with van der Waals surface area (Å²) in [6.45, 7) is 2.52. The van der Waals surface area contributed by atoms with Gasteiger partial charge in [0, 0.05) is 31.6 Å². The number of nitrogens with zero attached hydrogens (tertiary/aromatic N) is 2. The van der Waals surface area contributed by atoms with Crippen LogP contribution in [0.3, 0.4) is 0 Å². The Morgan fingerprint density at radius 2 is 2.25 bits per heavy atom. The van der Waals surface area contributed by atoms with E-state index in [-0.39, 0.29) is 11.9 Å². The molecule has 0 aromatic heterocycles. The smallest absolute Gasteiger partial charge is 0.219 e. The Bertz CT molecular complexity index is 232. The molecule has 2 atom stereocenters. The highest BCUT2D eigenvalue weighted by Gasteiger charge is 2.26. The van der Waals surface area contributed by atoms with Crippen molar-refractivity contribution in [3.8, 4) is 0 Å². The van der Waals surface area contributed by atoms with Gasteiger partial charge in [-0.15, -0.1) is 0 Å². The quantitative estimate of drug-likeness (QED) is 0.647. The van der Waals surface area contributed by atoms with Crippen molar-refractivity contribution in [1.82, 2.24) is 9.80 Å². The van der Waals surface area contributed by atoms with Crippen LogP contribution >= 0.6 is 0 Å². The van der Waals surface area contributed by atoms with Crippen LogP contribution < -0.4 is 11.5 Å². The molecule has 1 heterocycles. The van der Waals surface area contributed by atoms with E-state index < -0.39 is 0 Å². The van der Waals surface area contributed by atoms with Crippen LogP contribution in [0, 0.1) is 0 Å². The van der Waals surface area contributed by atoms with Crippen molar-refractivity contribution in [3.63, 3.8) is 0 Å². The number of hydrogen-bond donors (Lipinski definition) is 2. The van der Waals surface area contributed by atoms with E-state index in [2.05, 4.69) is 23.9 Å². The summed E-state index contributed by atoms with van der Waals surface area (Å²) in [6, 6.07) is 0.677. The Morgan fingerprint density at radius 1 is 1.56 bits per heavy atom. The lowest BCUT2D eigenvalue weighted by atomic mass is 10.0. The SMILES string of the molecule is CN(C)C1CCCN(C(CN)CC(N)=O)C1. The Morgan fingerprint density at radius 3 is 2.75 bits per heavy atom. The summed E-state index contributed by atoms with van der Waals surface area (Å²) < 4.78 is 0. The molecule has 0 radical (unpaired) electrons. The van der Waals surface area contributed by atoms with E-state index in [0.29, 0.717) is 19.0 Å². The summed E-state index contributed by atoms with van der Waals surface area (Å²) in [4.78, 5) is 15.5. The Kier molecular flexibility index (Phi) is 5.18. The van der Waals surface area contributed by atoms with Crippen LogP contribution in [-0.2, 0) is 4.79 Å². The Balaban J connectivity index is 2.53. The second-order valence-corrected chi connectivity index (χ2v) is 4.81. The van der Waals surface area contributed by atoms with Gasteiger partial charge in [-0.05, 0) is 33.5 Å². The molecule has 1 aliphatic heterocycles. The summed E-state index contributed by atoms with van der Waals surface area (Å²) in [5.41, 5.74) is 10.9. The fourth-order valence-corrected chi connectivity index (χ4v) is 2.33. The van der Waals surface area contributed by atoms with Crippen molar-refractivity contribution < 1.29 is 4.79 Å². The Labute approximate surface area is 97.7 Å². The van der Waals surface area contributed by atoms with Crippen LogP contribution in [0.25, 0.3) is 0 Å². The molecule has 0 spiro atoms. The zero-order valence-electron chi connectivity index (χ0n) is 10.4. The zero-order valence-corrected chi connectivity index (χ0v) is 10.4. The lowest BCUT2D eigenvalue weighted by molar-refractivity contribution is -0.119. The van der Waals surface area contributed by atoms with Gasteiger partial charge in [0.2, 0.25) is 5.91 Å². The molecule has 0 saturated carbocycles. The first-order valence-electron chi connectivity index (χ1n) is 5.93. The molecule has 2 unspecified atom stereocenters. The molecular formula is C11H24N4O. The van der Waals surface area contributed by atoms with Gasteiger partial charge in [0.05, 0.1) is 0 Å². The summed E-state index contributed by atoms with van der Waals surface area (Å²) >= 11 is 0. The zero-order chi connectivity index (χ0) is 12.1. The molecule has 0 aromatic carbocycles. The monoisotopic (exact) mass is 228 g/mol. The summed E-state index contributed by atoms with van der Waals surface area (Å²) in [7, 11) is 4.19. The van der Waals surface area contributed by atoms with E-state index >= 15 is 0 Å². The van der Waals surface area contributed by atoms with Crippen LogP contribution in [0.4, 0.5) is 0 Å². The number of carbonyl (C=O) groups is 1. The van der Waals surface area contributed by atoms with Crippen molar-refractivity contribution >= 4 is 5.91 Å². The fraction of sp³-hybridized carbons (Fsp3) is 0.909. The maximum Gasteiger partial charge on any atom is 0.219 e. The van der Waals surface area contributed by atoms with Crippen LogP contribution in [0.5, 0.6) is 0 Å². The molecule has 1 saturated heterocycles. The number of amides is 1. The molecule has 1 amide bonds. The first-order chi connectivity index (χ1) is 7.54. The van der Waals surface area contributed by atoms with Crippen LogP contribution in [0.1, 0.15) is 19.3 Å². The lowest BCUT2D eigenvalue weighted by Gasteiger charge is -2.39. The van der Waals surface area contributed by atoms with Crippen molar-refractivity contribution in [3.05, 3.63) is 0 Å². The molecule has 0 aromatic rings. The molecular weight excluding hydrogens is 204 g/mol. The molecule has 94 valence electrons. The topological polar surface area (TPSA) is 75.6 Å². The van der Waals surface area contributed by atoms with Crippen LogP contribution in [-0.4, -0.2) is 61.5 Å². The fourth-order valence-electron chi connectivity index (χ4n) is 2.33. The average molecular weight is 228 g/mol. The van der Waals surface area contributed by atoms with Gasteiger partial charge in [0.25, 0.3) is 0 Å². The molecule has 5 heteroatoms. The minimum Gasteiger partial charge on any atom is -0.370 e. The van der Waals surface area contributed by atoms with Gasteiger partial charge in [-0.2, -0.15) is 0 Å². The van der Waals surface area contributed by atoms with Crippen molar-refractivity contribution in [2.75, 3.05) is 33.7 Å². The second kappa shape index (κ2) is 6.18. The molecule has 1 aliphatic rings. The minimum atomic E-state index is -0.262. The number of likely N-dealkylation sites (tertiary alicyclic amines) is 1. The molecule has 1 fully saturated rings. The third-order valence-electron chi connectivity index (χ3n) is 3.38. The normalized spacial score (nSPS) is 24.6. The summed E-state index contributed by atoms with van der Waals surface area (Å²) in [5, 5.41) is 0. The summed E-state index contributed by atoms with van der Waals surface area (Å²) in [5.74, 6) is -0.262. The first-order valence-corrected chi connectivity index (χ1v) is 5.93. The number of likely N-dealkylation sites (N-methyl/N-ethyl adjacent to an activating group) is 1. The predicted octanol–water partition coefficient (Wildman–Crippen LogP) is -0.785. The number of hydrogen-bond acceptors (Lipinski definition) is 4. The highest BCUT2D eigenvalue weighted by atomic mass is 16.1. The van der Waals surface area contributed by atoms with Crippen LogP contribution in [0.15, 0.2) is 0 Å². The van der Waals surface area contributed by atoms with Gasteiger partial charge in [-0.3, -0.25) is 9.69 Å². The average Bonchev–Trinajstić information content (AvgIpc) is 2.25. The number of nitrogens with two attached hydrogens (primary N) is 2. The molecule has 1 rings (SSSR count). The van der Waals surface area contributed by atoms with Gasteiger partial charge >= 0.3 is 0 Å². The highest BCUT2D eigenvalue weighted by molar-refractivity contribution is 5.74. The third-order valence-corrected chi connectivity index (χ3v) is 3.38. The highest BCUT2D eigenvalue weighted by Crippen LogP contribution is 2.17. The first kappa shape index (κ1) is 13.4. The molecule has 16 heavy (non-hydrogen) atoms. The summed E-state index contributed by atoms with van der Waals surface area (Å²) in [6.07, 6.45) is 2.76. The van der Waals surface area contributed by atoms with Gasteiger partial charge in [-0.25, -0.2) is 0 Å². The van der Waals surface area contributed by atoms with Crippen molar-refractivity contribution in [1.29, 1.82) is 0 Å². The van der Waals surface area contributed by atoms with Gasteiger partial charge in [-0.1, -0.05) is 0 Å². The molecule has 4 N–H and O–H groups in total. The predicted molar refractivity (Wildman–Crippen MR) is 64.9 cm³/mol. The van der Waals surface area contributed by atoms with Crippen molar-refractivity contribution in [2.24, 2.45) is 11.5 Å².